The van der Waals surface area contributed by atoms with Crippen molar-refractivity contribution in [2.24, 2.45) is 5.92 Å². The van der Waals surface area contributed by atoms with E-state index in [-0.39, 0.29) is 11.8 Å². The molecule has 0 bridgehead atoms. The highest BCUT2D eigenvalue weighted by molar-refractivity contribution is 6.31. The summed E-state index contributed by atoms with van der Waals surface area (Å²) >= 11 is 6.11. The first-order valence-electron chi connectivity index (χ1n) is 9.80. The number of halogens is 1. The standard InChI is InChI=1S/C21H24ClN5O2/c1-29-20-7-6-19(25-26-20)27-10-2-3-15(13-27)21(28)23-9-8-14-12-24-18-5-4-16(22)11-17(14)18/h4-7,11-12,15,24H,2-3,8-10,13H2,1H3,(H,23,28)/t15-/m1/s1. The lowest BCUT2D eigenvalue weighted by atomic mass is 9.97. The lowest BCUT2D eigenvalue weighted by molar-refractivity contribution is -0.125. The maximum atomic E-state index is 12.7. The van der Waals surface area contributed by atoms with Gasteiger partial charge in [0.15, 0.2) is 5.82 Å². The van der Waals surface area contributed by atoms with E-state index in [0.717, 1.165) is 48.1 Å². The van der Waals surface area contributed by atoms with Crippen molar-refractivity contribution >= 4 is 34.2 Å². The van der Waals surface area contributed by atoms with Crippen molar-refractivity contribution in [1.82, 2.24) is 20.5 Å². The Bertz CT molecular complexity index is 988. The van der Waals surface area contributed by atoms with Crippen LogP contribution in [0.3, 0.4) is 0 Å². The molecule has 2 N–H and O–H groups in total. The van der Waals surface area contributed by atoms with Crippen molar-refractivity contribution in [2.45, 2.75) is 19.3 Å². The first-order valence-corrected chi connectivity index (χ1v) is 10.2. The number of hydrogen-bond acceptors (Lipinski definition) is 5. The Hall–Kier alpha value is -2.80. The monoisotopic (exact) mass is 413 g/mol. The first-order chi connectivity index (χ1) is 14.1. The summed E-state index contributed by atoms with van der Waals surface area (Å²) in [5, 5.41) is 13.1. The second kappa shape index (κ2) is 8.69. The highest BCUT2D eigenvalue weighted by Gasteiger charge is 2.26. The number of rotatable bonds is 6. The van der Waals surface area contributed by atoms with Crippen LogP contribution < -0.4 is 15.0 Å². The summed E-state index contributed by atoms with van der Waals surface area (Å²) in [7, 11) is 1.57. The third-order valence-electron chi connectivity index (χ3n) is 5.37. The predicted molar refractivity (Wildman–Crippen MR) is 114 cm³/mol. The fourth-order valence-electron chi connectivity index (χ4n) is 3.81. The average molecular weight is 414 g/mol. The molecule has 1 amide bonds. The summed E-state index contributed by atoms with van der Waals surface area (Å²) in [6.07, 6.45) is 4.58. The molecular weight excluding hydrogens is 390 g/mol. The molecule has 4 rings (SSSR count). The zero-order valence-corrected chi connectivity index (χ0v) is 17.1. The van der Waals surface area contributed by atoms with Gasteiger partial charge in [-0.2, -0.15) is 0 Å². The number of piperidine rings is 1. The molecule has 29 heavy (non-hydrogen) atoms. The molecule has 1 fully saturated rings. The molecule has 1 aromatic carbocycles. The first kappa shape index (κ1) is 19.5. The minimum atomic E-state index is -0.0509. The predicted octanol–water partition coefficient (Wildman–Crippen LogP) is 3.20. The Kier molecular flexibility index (Phi) is 5.85. The van der Waals surface area contributed by atoms with Crippen molar-refractivity contribution < 1.29 is 9.53 Å². The number of fused-ring (bicyclic) bond motifs is 1. The largest absolute Gasteiger partial charge is 0.480 e. The van der Waals surface area contributed by atoms with E-state index in [0.29, 0.717) is 24.0 Å². The van der Waals surface area contributed by atoms with Crippen LogP contribution in [0.2, 0.25) is 5.02 Å². The van der Waals surface area contributed by atoms with Gasteiger partial charge in [-0.1, -0.05) is 11.6 Å². The van der Waals surface area contributed by atoms with Crippen LogP contribution in [0.5, 0.6) is 5.88 Å². The van der Waals surface area contributed by atoms with Crippen molar-refractivity contribution in [3.63, 3.8) is 0 Å². The van der Waals surface area contributed by atoms with Crippen LogP contribution in [0, 0.1) is 5.92 Å². The maximum absolute atomic E-state index is 12.7. The number of nitrogens with zero attached hydrogens (tertiary/aromatic N) is 3. The number of benzene rings is 1. The second-order valence-corrected chi connectivity index (χ2v) is 7.70. The highest BCUT2D eigenvalue weighted by Crippen LogP contribution is 2.24. The van der Waals surface area contributed by atoms with Gasteiger partial charge < -0.3 is 19.9 Å². The smallest absolute Gasteiger partial charge is 0.233 e. The van der Waals surface area contributed by atoms with Gasteiger partial charge in [-0.05, 0) is 49.1 Å². The van der Waals surface area contributed by atoms with Gasteiger partial charge in [-0.15, -0.1) is 10.2 Å². The molecule has 0 radical (unpaired) electrons. The number of nitrogens with one attached hydrogen (secondary N) is 2. The molecule has 1 aliphatic rings. The number of H-pyrrole nitrogens is 1. The number of ether oxygens (including phenoxy) is 1. The van der Waals surface area contributed by atoms with E-state index in [9.17, 15) is 4.79 Å². The summed E-state index contributed by atoms with van der Waals surface area (Å²) in [5.41, 5.74) is 2.21. The van der Waals surface area contributed by atoms with E-state index in [1.807, 2.05) is 30.5 Å². The lowest BCUT2D eigenvalue weighted by Crippen LogP contribution is -2.43. The second-order valence-electron chi connectivity index (χ2n) is 7.26. The molecule has 3 aromatic rings. The van der Waals surface area contributed by atoms with Gasteiger partial charge in [0.1, 0.15) is 0 Å². The normalized spacial score (nSPS) is 16.8. The number of carbonyl (C=O) groups excluding carboxylic acids is 1. The summed E-state index contributed by atoms with van der Waals surface area (Å²) in [6, 6.07) is 9.47. The average Bonchev–Trinajstić information content (AvgIpc) is 3.16. The molecule has 8 heteroatoms. The summed E-state index contributed by atoms with van der Waals surface area (Å²) < 4.78 is 5.06. The van der Waals surface area contributed by atoms with Crippen LogP contribution in [-0.4, -0.2) is 47.8 Å². The molecule has 152 valence electrons. The van der Waals surface area contributed by atoms with E-state index in [1.165, 1.54) is 0 Å². The Morgan fingerprint density at radius 3 is 3.03 bits per heavy atom. The van der Waals surface area contributed by atoms with Crippen LogP contribution in [-0.2, 0) is 11.2 Å². The molecule has 1 saturated heterocycles. The van der Waals surface area contributed by atoms with E-state index in [1.54, 1.807) is 13.2 Å². The van der Waals surface area contributed by atoms with Crippen LogP contribution in [0.4, 0.5) is 5.82 Å². The van der Waals surface area contributed by atoms with Crippen LogP contribution in [0.1, 0.15) is 18.4 Å². The number of anilines is 1. The Labute approximate surface area is 174 Å². The summed E-state index contributed by atoms with van der Waals surface area (Å²) in [5.74, 6) is 1.30. The van der Waals surface area contributed by atoms with Gasteiger partial charge in [0.05, 0.1) is 13.0 Å². The number of carbonyl (C=O) groups is 1. The van der Waals surface area contributed by atoms with Gasteiger partial charge >= 0.3 is 0 Å². The van der Waals surface area contributed by atoms with Gasteiger partial charge in [-0.3, -0.25) is 4.79 Å². The third kappa shape index (κ3) is 4.45. The maximum Gasteiger partial charge on any atom is 0.233 e. The number of amides is 1. The lowest BCUT2D eigenvalue weighted by Gasteiger charge is -2.32. The molecule has 1 aliphatic heterocycles. The van der Waals surface area contributed by atoms with Gasteiger partial charge in [0.2, 0.25) is 11.8 Å². The van der Waals surface area contributed by atoms with E-state index in [4.69, 9.17) is 16.3 Å². The Morgan fingerprint density at radius 2 is 2.24 bits per heavy atom. The number of methoxy groups -OCH3 is 1. The van der Waals surface area contributed by atoms with Crippen LogP contribution >= 0.6 is 11.6 Å². The third-order valence-corrected chi connectivity index (χ3v) is 5.61. The molecule has 3 heterocycles. The van der Waals surface area contributed by atoms with E-state index in [2.05, 4.69) is 25.4 Å². The fourth-order valence-corrected chi connectivity index (χ4v) is 3.98. The van der Waals surface area contributed by atoms with E-state index < -0.39 is 0 Å². The van der Waals surface area contributed by atoms with Crippen molar-refractivity contribution in [2.75, 3.05) is 31.6 Å². The zero-order chi connectivity index (χ0) is 20.2. The Balaban J connectivity index is 1.32. The molecule has 0 unspecified atom stereocenters. The fraction of sp³-hybridized carbons (Fsp3) is 0.381. The van der Waals surface area contributed by atoms with Crippen molar-refractivity contribution in [3.05, 3.63) is 47.1 Å². The van der Waals surface area contributed by atoms with Gasteiger partial charge in [-0.25, -0.2) is 0 Å². The minimum absolute atomic E-state index is 0.0509. The number of aromatic amines is 1. The van der Waals surface area contributed by atoms with Crippen LogP contribution in [0.25, 0.3) is 10.9 Å². The summed E-state index contributed by atoms with van der Waals surface area (Å²) in [6.45, 7) is 2.12. The highest BCUT2D eigenvalue weighted by atomic mass is 35.5. The van der Waals surface area contributed by atoms with Crippen LogP contribution in [0.15, 0.2) is 36.5 Å². The minimum Gasteiger partial charge on any atom is -0.480 e. The topological polar surface area (TPSA) is 83.1 Å². The van der Waals surface area contributed by atoms with Gasteiger partial charge in [0.25, 0.3) is 0 Å². The van der Waals surface area contributed by atoms with Crippen molar-refractivity contribution in [1.29, 1.82) is 0 Å². The van der Waals surface area contributed by atoms with Crippen molar-refractivity contribution in [3.8, 4) is 5.88 Å². The molecule has 7 nitrogen and oxygen atoms in total. The summed E-state index contributed by atoms with van der Waals surface area (Å²) in [4.78, 5) is 18.1. The molecule has 0 spiro atoms. The molecular formula is C21H24ClN5O2. The number of aromatic nitrogens is 3. The molecule has 1 atom stereocenters. The molecule has 0 aliphatic carbocycles. The van der Waals surface area contributed by atoms with E-state index >= 15 is 0 Å². The molecule has 2 aromatic heterocycles. The zero-order valence-electron chi connectivity index (χ0n) is 16.3. The quantitative estimate of drug-likeness (QED) is 0.648. The SMILES string of the molecule is COc1ccc(N2CCC[C@@H](C(=O)NCCc3c[nH]c4ccc(Cl)cc34)C2)nn1. The number of hydrogen-bond donors (Lipinski definition) is 2. The molecule has 0 saturated carbocycles. The van der Waals surface area contributed by atoms with Gasteiger partial charge in [0, 0.05) is 47.8 Å². The Morgan fingerprint density at radius 1 is 1.34 bits per heavy atom.